The first kappa shape index (κ1) is 12.5. The number of primary amides is 1. The highest BCUT2D eigenvalue weighted by molar-refractivity contribution is 7.19. The van der Waals surface area contributed by atoms with Crippen LogP contribution in [0.15, 0.2) is 30.3 Å². The van der Waals surface area contributed by atoms with Crippen LogP contribution in [0.2, 0.25) is 0 Å². The molecule has 0 bridgehead atoms. The van der Waals surface area contributed by atoms with Crippen molar-refractivity contribution < 1.29 is 4.79 Å². The molecule has 2 heterocycles. The number of hydrogen-bond donors (Lipinski definition) is 2. The third kappa shape index (κ3) is 1.78. The van der Waals surface area contributed by atoms with Gasteiger partial charge in [-0.25, -0.2) is 0 Å². The quantitative estimate of drug-likeness (QED) is 0.756. The van der Waals surface area contributed by atoms with Gasteiger partial charge in [-0.3, -0.25) is 4.79 Å². The van der Waals surface area contributed by atoms with E-state index in [0.29, 0.717) is 11.3 Å². The topological polar surface area (TPSA) is 82.7 Å². The number of fused-ring (bicyclic) bond motifs is 1. The van der Waals surface area contributed by atoms with Crippen LogP contribution in [0, 0.1) is 18.3 Å². The Labute approximate surface area is 119 Å². The molecule has 0 radical (unpaired) electrons. The molecule has 5 heteroatoms. The fourth-order valence-corrected chi connectivity index (χ4v) is 3.43. The number of aromatic nitrogens is 1. The molecule has 98 valence electrons. The van der Waals surface area contributed by atoms with E-state index in [1.54, 1.807) is 23.5 Å². The normalized spacial score (nSPS) is 10.6. The van der Waals surface area contributed by atoms with Gasteiger partial charge in [0.15, 0.2) is 0 Å². The number of hydrogen-bond acceptors (Lipinski definition) is 3. The number of amides is 1. The van der Waals surface area contributed by atoms with Crippen molar-refractivity contribution in [3.63, 3.8) is 0 Å². The summed E-state index contributed by atoms with van der Waals surface area (Å²) in [5, 5.41) is 9.24. The Morgan fingerprint density at radius 1 is 1.40 bits per heavy atom. The van der Waals surface area contributed by atoms with Crippen LogP contribution in [0.1, 0.15) is 20.9 Å². The molecule has 0 aliphatic heterocycles. The molecule has 0 spiro atoms. The van der Waals surface area contributed by atoms with Crippen LogP contribution in [-0.2, 0) is 0 Å². The Hall–Kier alpha value is -2.58. The van der Waals surface area contributed by atoms with E-state index in [9.17, 15) is 10.1 Å². The number of nitrogens with zero attached hydrogens (tertiary/aromatic N) is 1. The van der Waals surface area contributed by atoms with Gasteiger partial charge in [0.25, 0.3) is 5.91 Å². The average molecular weight is 281 g/mol. The van der Waals surface area contributed by atoms with Crippen molar-refractivity contribution in [3.05, 3.63) is 46.5 Å². The van der Waals surface area contributed by atoms with E-state index in [0.717, 1.165) is 26.2 Å². The number of benzene rings is 1. The number of aryl methyl sites for hydroxylation is 1. The van der Waals surface area contributed by atoms with Crippen molar-refractivity contribution in [1.29, 1.82) is 5.26 Å². The fourth-order valence-electron chi connectivity index (χ4n) is 2.35. The first-order chi connectivity index (χ1) is 9.61. The zero-order valence-electron chi connectivity index (χ0n) is 10.7. The highest BCUT2D eigenvalue weighted by Gasteiger charge is 2.17. The largest absolute Gasteiger partial charge is 0.364 e. The summed E-state index contributed by atoms with van der Waals surface area (Å²) in [6.45, 7) is 2.01. The molecule has 0 aliphatic rings. The van der Waals surface area contributed by atoms with Crippen LogP contribution < -0.4 is 5.73 Å². The molecular formula is C15H11N3OS. The lowest BCUT2D eigenvalue weighted by atomic mass is 10.0. The van der Waals surface area contributed by atoms with Crippen molar-refractivity contribution in [1.82, 2.24) is 4.98 Å². The van der Waals surface area contributed by atoms with Crippen molar-refractivity contribution in [2.75, 3.05) is 0 Å². The summed E-state index contributed by atoms with van der Waals surface area (Å²) >= 11 is 1.58. The molecule has 3 aromatic rings. The third-order valence-corrected chi connectivity index (χ3v) is 4.28. The number of aromatic amines is 1. The third-order valence-electron chi connectivity index (χ3n) is 3.23. The smallest absolute Gasteiger partial charge is 0.265 e. The maximum atomic E-state index is 11.3. The maximum absolute atomic E-state index is 11.3. The molecule has 0 unspecified atom stereocenters. The van der Waals surface area contributed by atoms with Gasteiger partial charge in [0.2, 0.25) is 0 Å². The van der Waals surface area contributed by atoms with Gasteiger partial charge in [-0.15, -0.1) is 11.3 Å². The highest BCUT2D eigenvalue weighted by Crippen LogP contribution is 2.39. The Bertz CT molecular complexity index is 867. The lowest BCUT2D eigenvalue weighted by molar-refractivity contribution is 0.0996. The van der Waals surface area contributed by atoms with Gasteiger partial charge >= 0.3 is 0 Å². The lowest BCUT2D eigenvalue weighted by Gasteiger charge is -2.03. The minimum Gasteiger partial charge on any atom is -0.364 e. The minimum absolute atomic E-state index is 0.391. The summed E-state index contributed by atoms with van der Waals surface area (Å²) in [4.78, 5) is 15.4. The number of nitrogens with one attached hydrogen (secondary N) is 1. The minimum atomic E-state index is -0.481. The predicted octanol–water partition coefficient (Wildman–Crippen LogP) is 3.18. The fraction of sp³-hybridized carbons (Fsp3) is 0.0667. The van der Waals surface area contributed by atoms with E-state index in [-0.39, 0.29) is 0 Å². The van der Waals surface area contributed by atoms with Gasteiger partial charge in [0.1, 0.15) is 5.69 Å². The maximum Gasteiger partial charge on any atom is 0.265 e. The Morgan fingerprint density at radius 3 is 2.85 bits per heavy atom. The van der Waals surface area contributed by atoms with Crippen molar-refractivity contribution >= 4 is 27.5 Å². The standard InChI is InChI=1S/C15H11N3OS/c1-8-13(10-5-3-2-4-9(10)7-16)14-12(20-8)6-11(18-14)15(17)19/h2-6,18H,1H3,(H2,17,19). The van der Waals surface area contributed by atoms with Crippen molar-refractivity contribution in [2.45, 2.75) is 6.92 Å². The molecule has 3 rings (SSSR count). The van der Waals surface area contributed by atoms with Gasteiger partial charge in [-0.2, -0.15) is 5.26 Å². The predicted molar refractivity (Wildman–Crippen MR) is 79.6 cm³/mol. The van der Waals surface area contributed by atoms with Gasteiger partial charge in [0.05, 0.1) is 21.8 Å². The second-order valence-corrected chi connectivity index (χ2v) is 5.73. The van der Waals surface area contributed by atoms with E-state index < -0.39 is 5.91 Å². The molecule has 0 saturated heterocycles. The molecule has 0 aliphatic carbocycles. The Morgan fingerprint density at radius 2 is 2.15 bits per heavy atom. The van der Waals surface area contributed by atoms with Crippen LogP contribution in [0.3, 0.4) is 0 Å². The van der Waals surface area contributed by atoms with Crippen LogP contribution in [0.5, 0.6) is 0 Å². The first-order valence-corrected chi connectivity index (χ1v) is 6.85. The molecule has 1 aromatic carbocycles. The van der Waals surface area contributed by atoms with Crippen LogP contribution in [0.25, 0.3) is 21.3 Å². The van der Waals surface area contributed by atoms with Crippen molar-refractivity contribution in [3.8, 4) is 17.2 Å². The molecular weight excluding hydrogens is 270 g/mol. The summed E-state index contributed by atoms with van der Waals surface area (Å²) < 4.78 is 0.971. The Kier molecular flexibility index (Phi) is 2.81. The molecule has 1 amide bonds. The zero-order chi connectivity index (χ0) is 14.3. The average Bonchev–Trinajstić information content (AvgIpc) is 2.95. The number of nitrogens with two attached hydrogens (primary N) is 1. The van der Waals surface area contributed by atoms with E-state index >= 15 is 0 Å². The lowest BCUT2D eigenvalue weighted by Crippen LogP contribution is -2.10. The second-order valence-electron chi connectivity index (χ2n) is 4.48. The summed E-state index contributed by atoms with van der Waals surface area (Å²) in [6, 6.07) is 11.4. The number of H-pyrrole nitrogens is 1. The van der Waals surface area contributed by atoms with Gasteiger partial charge in [0, 0.05) is 16.0 Å². The molecule has 20 heavy (non-hydrogen) atoms. The number of carbonyl (C=O) groups is 1. The van der Waals surface area contributed by atoms with Gasteiger partial charge in [-0.05, 0) is 19.1 Å². The summed E-state index contributed by atoms with van der Waals surface area (Å²) in [5.74, 6) is -0.481. The van der Waals surface area contributed by atoms with Gasteiger partial charge < -0.3 is 10.7 Å². The summed E-state index contributed by atoms with van der Waals surface area (Å²) in [5.41, 5.74) is 9.01. The first-order valence-electron chi connectivity index (χ1n) is 6.03. The zero-order valence-corrected chi connectivity index (χ0v) is 11.5. The van der Waals surface area contributed by atoms with Crippen molar-refractivity contribution in [2.24, 2.45) is 5.73 Å². The summed E-state index contributed by atoms with van der Waals surface area (Å²) in [7, 11) is 0. The van der Waals surface area contributed by atoms with Crippen LogP contribution in [-0.4, -0.2) is 10.9 Å². The van der Waals surface area contributed by atoms with Gasteiger partial charge in [-0.1, -0.05) is 18.2 Å². The molecule has 4 nitrogen and oxygen atoms in total. The number of thiophene rings is 1. The summed E-state index contributed by atoms with van der Waals surface area (Å²) in [6.07, 6.45) is 0. The molecule has 2 aromatic heterocycles. The number of nitriles is 1. The number of rotatable bonds is 2. The Balaban J connectivity index is 2.33. The van der Waals surface area contributed by atoms with E-state index in [4.69, 9.17) is 5.73 Å². The van der Waals surface area contributed by atoms with E-state index in [2.05, 4.69) is 11.1 Å². The van der Waals surface area contributed by atoms with Crippen LogP contribution >= 0.6 is 11.3 Å². The van der Waals surface area contributed by atoms with E-state index in [1.165, 1.54) is 0 Å². The molecule has 0 saturated carbocycles. The molecule has 0 atom stereocenters. The second kappa shape index (κ2) is 4.51. The van der Waals surface area contributed by atoms with E-state index in [1.807, 2.05) is 25.1 Å². The molecule has 0 fully saturated rings. The highest BCUT2D eigenvalue weighted by atomic mass is 32.1. The monoisotopic (exact) mass is 281 g/mol. The SMILES string of the molecule is Cc1sc2cc(C(N)=O)[nH]c2c1-c1ccccc1C#N. The van der Waals surface area contributed by atoms with Crippen LogP contribution in [0.4, 0.5) is 0 Å². The number of carbonyl (C=O) groups excluding carboxylic acids is 1. The molecule has 3 N–H and O–H groups in total.